The van der Waals surface area contributed by atoms with Gasteiger partial charge in [0.2, 0.25) is 0 Å². The fourth-order valence-electron chi connectivity index (χ4n) is 1.02. The van der Waals surface area contributed by atoms with Gasteiger partial charge in [-0.15, -0.1) is 11.6 Å². The minimum absolute atomic E-state index is 0.0239. The van der Waals surface area contributed by atoms with Gasteiger partial charge in [-0.1, -0.05) is 0 Å². The van der Waals surface area contributed by atoms with Crippen molar-refractivity contribution in [3.63, 3.8) is 0 Å². The third kappa shape index (κ3) is 1.96. The number of Topliss-reactive ketones (excluding diaryl/α,β-unsaturated/α-hetero) is 1. The van der Waals surface area contributed by atoms with Crippen LogP contribution in [-0.2, 0) is 0 Å². The van der Waals surface area contributed by atoms with Gasteiger partial charge in [-0.05, 0) is 12.1 Å². The number of methoxy groups -OCH3 is 1. The normalized spacial score (nSPS) is 9.93. The molecule has 1 aromatic rings. The largest absolute Gasteiger partial charge is 0.504 e. The van der Waals surface area contributed by atoms with E-state index in [1.165, 1.54) is 7.11 Å². The zero-order chi connectivity index (χ0) is 10.7. The number of carbonyl (C=O) groups is 1. The summed E-state index contributed by atoms with van der Waals surface area (Å²) >= 11 is 5.28. The van der Waals surface area contributed by atoms with E-state index in [1.807, 2.05) is 0 Å². The molecule has 0 unspecified atom stereocenters. The molecule has 1 rings (SSSR count). The van der Waals surface area contributed by atoms with Crippen LogP contribution in [0, 0.1) is 5.82 Å². The minimum atomic E-state index is -0.791. The van der Waals surface area contributed by atoms with Crippen LogP contribution < -0.4 is 4.74 Å². The molecular weight excluding hydrogens is 211 g/mol. The topological polar surface area (TPSA) is 46.5 Å². The molecule has 0 spiro atoms. The molecular formula is C9H8ClFO3. The summed E-state index contributed by atoms with van der Waals surface area (Å²) in [5.74, 6) is -2.20. The smallest absolute Gasteiger partial charge is 0.196 e. The quantitative estimate of drug-likeness (QED) is 0.623. The Morgan fingerprint density at radius 3 is 2.71 bits per heavy atom. The fraction of sp³-hybridized carbons (Fsp3) is 0.222. The Morgan fingerprint density at radius 2 is 2.29 bits per heavy atom. The molecule has 0 heterocycles. The molecule has 0 atom stereocenters. The van der Waals surface area contributed by atoms with Crippen LogP contribution in [0.4, 0.5) is 4.39 Å². The van der Waals surface area contributed by atoms with Crippen molar-refractivity contribution < 1.29 is 19.0 Å². The highest BCUT2D eigenvalue weighted by molar-refractivity contribution is 6.30. The first kappa shape index (κ1) is 10.8. The Kier molecular flexibility index (Phi) is 3.30. The third-order valence-corrected chi connectivity index (χ3v) is 1.91. The summed E-state index contributed by atoms with van der Waals surface area (Å²) < 4.78 is 17.7. The van der Waals surface area contributed by atoms with E-state index in [2.05, 4.69) is 4.74 Å². The summed E-state index contributed by atoms with van der Waals surface area (Å²) in [6.45, 7) is 0. The monoisotopic (exact) mass is 218 g/mol. The standard InChI is InChI=1S/C9H8ClFO3/c1-14-9-6(11)2-5(3-7(9)12)8(13)4-10/h2-3,12H,4H2,1H3. The number of benzene rings is 1. The van der Waals surface area contributed by atoms with Crippen LogP contribution >= 0.6 is 11.6 Å². The van der Waals surface area contributed by atoms with Crippen LogP contribution in [-0.4, -0.2) is 23.9 Å². The van der Waals surface area contributed by atoms with E-state index in [1.54, 1.807) is 0 Å². The molecule has 0 aliphatic rings. The number of ether oxygens (including phenoxy) is 1. The van der Waals surface area contributed by atoms with Crippen molar-refractivity contribution in [2.45, 2.75) is 0 Å². The number of alkyl halides is 1. The number of aromatic hydroxyl groups is 1. The number of phenols is 1. The maximum atomic E-state index is 13.1. The number of phenolic OH excluding ortho intramolecular Hbond substituents is 1. The fourth-order valence-corrected chi connectivity index (χ4v) is 1.17. The molecule has 5 heteroatoms. The maximum absolute atomic E-state index is 13.1. The molecule has 0 saturated carbocycles. The van der Waals surface area contributed by atoms with E-state index in [0.717, 1.165) is 12.1 Å². The van der Waals surface area contributed by atoms with Crippen molar-refractivity contribution in [3.8, 4) is 11.5 Å². The number of hydrogen-bond acceptors (Lipinski definition) is 3. The molecule has 0 amide bonds. The summed E-state index contributed by atoms with van der Waals surface area (Å²) in [7, 11) is 1.22. The van der Waals surface area contributed by atoms with Gasteiger partial charge in [0.1, 0.15) is 0 Å². The number of hydrogen-bond donors (Lipinski definition) is 1. The lowest BCUT2D eigenvalue weighted by molar-refractivity contribution is 0.102. The Labute approximate surface area is 85.1 Å². The molecule has 0 saturated heterocycles. The molecule has 1 aromatic carbocycles. The first-order valence-electron chi connectivity index (χ1n) is 3.75. The lowest BCUT2D eigenvalue weighted by Gasteiger charge is -2.06. The number of ketones is 1. The Bertz CT molecular complexity index is 342. The lowest BCUT2D eigenvalue weighted by atomic mass is 10.1. The average Bonchev–Trinajstić information content (AvgIpc) is 2.16. The second-order valence-corrected chi connectivity index (χ2v) is 2.83. The molecule has 0 aliphatic carbocycles. The highest BCUT2D eigenvalue weighted by Gasteiger charge is 2.14. The number of halogens is 2. The first-order valence-corrected chi connectivity index (χ1v) is 4.29. The van der Waals surface area contributed by atoms with Crippen LogP contribution in [0.15, 0.2) is 12.1 Å². The molecule has 1 N–H and O–H groups in total. The maximum Gasteiger partial charge on any atom is 0.196 e. The SMILES string of the molecule is COc1c(O)cc(C(=O)CCl)cc1F. The van der Waals surface area contributed by atoms with Gasteiger partial charge in [-0.2, -0.15) is 0 Å². The highest BCUT2D eigenvalue weighted by atomic mass is 35.5. The van der Waals surface area contributed by atoms with Gasteiger partial charge in [-0.25, -0.2) is 4.39 Å². The summed E-state index contributed by atoms with van der Waals surface area (Å²) in [5, 5.41) is 9.26. The molecule has 0 aliphatic heterocycles. The first-order chi connectivity index (χ1) is 6.60. The van der Waals surface area contributed by atoms with Crippen molar-refractivity contribution in [1.82, 2.24) is 0 Å². The minimum Gasteiger partial charge on any atom is -0.504 e. The molecule has 3 nitrogen and oxygen atoms in total. The van der Waals surface area contributed by atoms with Gasteiger partial charge in [-0.3, -0.25) is 4.79 Å². The van der Waals surface area contributed by atoms with E-state index < -0.39 is 17.3 Å². The summed E-state index contributed by atoms with van der Waals surface area (Å²) in [4.78, 5) is 11.1. The summed E-state index contributed by atoms with van der Waals surface area (Å²) in [5.41, 5.74) is 0.0239. The van der Waals surface area contributed by atoms with Crippen LogP contribution in [0.25, 0.3) is 0 Å². The van der Waals surface area contributed by atoms with Crippen molar-refractivity contribution >= 4 is 17.4 Å². The zero-order valence-corrected chi connectivity index (χ0v) is 8.14. The van der Waals surface area contributed by atoms with E-state index >= 15 is 0 Å². The van der Waals surface area contributed by atoms with Crippen LogP contribution in [0.5, 0.6) is 11.5 Å². The molecule has 14 heavy (non-hydrogen) atoms. The Hall–Kier alpha value is -1.29. The highest BCUT2D eigenvalue weighted by Crippen LogP contribution is 2.30. The van der Waals surface area contributed by atoms with E-state index in [0.29, 0.717) is 0 Å². The van der Waals surface area contributed by atoms with Gasteiger partial charge in [0.05, 0.1) is 13.0 Å². The summed E-state index contributed by atoms with van der Waals surface area (Å²) in [6, 6.07) is 2.09. The van der Waals surface area contributed by atoms with Crippen molar-refractivity contribution in [2.24, 2.45) is 0 Å². The molecule has 0 aromatic heterocycles. The average molecular weight is 219 g/mol. The zero-order valence-electron chi connectivity index (χ0n) is 7.38. The van der Waals surface area contributed by atoms with Gasteiger partial charge >= 0.3 is 0 Å². The van der Waals surface area contributed by atoms with E-state index in [4.69, 9.17) is 11.6 Å². The third-order valence-electron chi connectivity index (χ3n) is 1.67. The second kappa shape index (κ2) is 4.28. The van der Waals surface area contributed by atoms with Gasteiger partial charge in [0, 0.05) is 5.56 Å². The van der Waals surface area contributed by atoms with Crippen LogP contribution in [0.3, 0.4) is 0 Å². The van der Waals surface area contributed by atoms with Gasteiger partial charge < -0.3 is 9.84 Å². The summed E-state index contributed by atoms with van der Waals surface area (Å²) in [6.07, 6.45) is 0. The van der Waals surface area contributed by atoms with E-state index in [9.17, 15) is 14.3 Å². The predicted molar refractivity (Wildman–Crippen MR) is 49.7 cm³/mol. The molecule has 76 valence electrons. The van der Waals surface area contributed by atoms with Crippen molar-refractivity contribution in [2.75, 3.05) is 13.0 Å². The number of carbonyl (C=O) groups excluding carboxylic acids is 1. The van der Waals surface area contributed by atoms with Crippen molar-refractivity contribution in [3.05, 3.63) is 23.5 Å². The second-order valence-electron chi connectivity index (χ2n) is 2.57. The Balaban J connectivity index is 3.20. The molecule has 0 radical (unpaired) electrons. The Morgan fingerprint density at radius 1 is 1.64 bits per heavy atom. The molecule has 0 bridgehead atoms. The van der Waals surface area contributed by atoms with Gasteiger partial charge in [0.15, 0.2) is 23.1 Å². The lowest BCUT2D eigenvalue weighted by Crippen LogP contribution is -2.01. The van der Waals surface area contributed by atoms with Crippen LogP contribution in [0.1, 0.15) is 10.4 Å². The predicted octanol–water partition coefficient (Wildman–Crippen LogP) is 1.96. The van der Waals surface area contributed by atoms with Gasteiger partial charge in [0.25, 0.3) is 0 Å². The molecule has 0 fully saturated rings. The number of rotatable bonds is 3. The van der Waals surface area contributed by atoms with Crippen molar-refractivity contribution in [1.29, 1.82) is 0 Å². The van der Waals surface area contributed by atoms with E-state index in [-0.39, 0.29) is 17.2 Å². The van der Waals surface area contributed by atoms with Crippen LogP contribution in [0.2, 0.25) is 0 Å².